The van der Waals surface area contributed by atoms with Crippen molar-refractivity contribution in [3.8, 4) is 0 Å². The van der Waals surface area contributed by atoms with E-state index in [0.29, 0.717) is 18.0 Å². The van der Waals surface area contributed by atoms with Crippen LogP contribution in [0.5, 0.6) is 0 Å². The Labute approximate surface area is 102 Å². The van der Waals surface area contributed by atoms with Crippen LogP contribution in [0.1, 0.15) is 27.7 Å². The Bertz CT molecular complexity index is 167. The Morgan fingerprint density at radius 1 is 0.938 bits per heavy atom. The number of rotatable bonds is 8. The van der Waals surface area contributed by atoms with E-state index in [1.165, 1.54) is 0 Å². The number of hydrogen-bond donors (Lipinski definition) is 1. The van der Waals surface area contributed by atoms with Crippen molar-refractivity contribution in [2.24, 2.45) is 5.92 Å². The first-order chi connectivity index (χ1) is 7.32. The summed E-state index contributed by atoms with van der Waals surface area (Å²) in [6.45, 7) is 12.4. The highest BCUT2D eigenvalue weighted by molar-refractivity contribution is 4.76. The zero-order valence-electron chi connectivity index (χ0n) is 12.2. The second-order valence-corrected chi connectivity index (χ2v) is 5.74. The summed E-state index contributed by atoms with van der Waals surface area (Å²) in [5.41, 5.74) is 0. The topological polar surface area (TPSA) is 18.5 Å². The van der Waals surface area contributed by atoms with E-state index in [1.807, 2.05) is 0 Å². The molecule has 0 heterocycles. The van der Waals surface area contributed by atoms with Crippen LogP contribution in [0.25, 0.3) is 0 Å². The van der Waals surface area contributed by atoms with Crippen LogP contribution in [0.2, 0.25) is 0 Å². The van der Waals surface area contributed by atoms with Gasteiger partial charge >= 0.3 is 0 Å². The lowest BCUT2D eigenvalue weighted by atomic mass is 10.0. The average Bonchev–Trinajstić information content (AvgIpc) is 2.12. The molecule has 3 heteroatoms. The van der Waals surface area contributed by atoms with Gasteiger partial charge in [0.25, 0.3) is 0 Å². The number of likely N-dealkylation sites (N-methyl/N-ethyl adjacent to an activating group) is 2. The summed E-state index contributed by atoms with van der Waals surface area (Å²) >= 11 is 0. The summed E-state index contributed by atoms with van der Waals surface area (Å²) in [4.78, 5) is 4.65. The van der Waals surface area contributed by atoms with Crippen LogP contribution < -0.4 is 5.32 Å². The summed E-state index contributed by atoms with van der Waals surface area (Å²) in [6.07, 6.45) is 0. The maximum absolute atomic E-state index is 3.64. The molecule has 98 valence electrons. The summed E-state index contributed by atoms with van der Waals surface area (Å²) in [6, 6.07) is 1.15. The van der Waals surface area contributed by atoms with Crippen molar-refractivity contribution < 1.29 is 0 Å². The van der Waals surface area contributed by atoms with E-state index in [-0.39, 0.29) is 0 Å². The highest BCUT2D eigenvalue weighted by atomic mass is 15.2. The van der Waals surface area contributed by atoms with Crippen molar-refractivity contribution in [3.63, 3.8) is 0 Å². The van der Waals surface area contributed by atoms with Gasteiger partial charge in [-0.15, -0.1) is 0 Å². The zero-order chi connectivity index (χ0) is 12.7. The van der Waals surface area contributed by atoms with Gasteiger partial charge in [0.15, 0.2) is 0 Å². The molecule has 0 aliphatic rings. The zero-order valence-corrected chi connectivity index (χ0v) is 12.2. The lowest BCUT2D eigenvalue weighted by molar-refractivity contribution is 0.226. The first kappa shape index (κ1) is 15.9. The van der Waals surface area contributed by atoms with Gasteiger partial charge in [-0.1, -0.05) is 27.7 Å². The summed E-state index contributed by atoms with van der Waals surface area (Å²) in [5, 5.41) is 3.64. The summed E-state index contributed by atoms with van der Waals surface area (Å²) in [5.74, 6) is 0.684. The van der Waals surface area contributed by atoms with Crippen LogP contribution in [0.15, 0.2) is 0 Å². The van der Waals surface area contributed by atoms with E-state index in [1.54, 1.807) is 0 Å². The van der Waals surface area contributed by atoms with Gasteiger partial charge in [0.05, 0.1) is 0 Å². The summed E-state index contributed by atoms with van der Waals surface area (Å²) < 4.78 is 0. The predicted octanol–water partition coefficient (Wildman–Crippen LogP) is 1.50. The molecule has 0 aliphatic heterocycles. The molecule has 0 aliphatic carbocycles. The van der Waals surface area contributed by atoms with Crippen molar-refractivity contribution in [3.05, 3.63) is 0 Å². The molecular weight excluding hydrogens is 198 g/mol. The minimum absolute atomic E-state index is 0.564. The van der Waals surface area contributed by atoms with Crippen molar-refractivity contribution in [1.29, 1.82) is 0 Å². The van der Waals surface area contributed by atoms with E-state index in [4.69, 9.17) is 0 Å². The second-order valence-electron chi connectivity index (χ2n) is 5.74. The maximum Gasteiger partial charge on any atom is 0.0220 e. The van der Waals surface area contributed by atoms with Crippen LogP contribution in [0.4, 0.5) is 0 Å². The third-order valence-corrected chi connectivity index (χ3v) is 2.79. The molecule has 0 saturated carbocycles. The Balaban J connectivity index is 3.98. The van der Waals surface area contributed by atoms with Gasteiger partial charge in [-0.2, -0.15) is 0 Å². The third-order valence-electron chi connectivity index (χ3n) is 2.79. The minimum Gasteiger partial charge on any atom is -0.310 e. The molecular formula is C13H31N3. The highest BCUT2D eigenvalue weighted by Crippen LogP contribution is 2.04. The van der Waals surface area contributed by atoms with Crippen molar-refractivity contribution in [2.75, 3.05) is 40.8 Å². The first-order valence-corrected chi connectivity index (χ1v) is 6.42. The highest BCUT2D eigenvalue weighted by Gasteiger charge is 2.16. The monoisotopic (exact) mass is 229 g/mol. The van der Waals surface area contributed by atoms with E-state index in [2.05, 4.69) is 64.0 Å². The van der Waals surface area contributed by atoms with Gasteiger partial charge in [-0.3, -0.25) is 0 Å². The fourth-order valence-electron chi connectivity index (χ4n) is 1.68. The second kappa shape index (κ2) is 8.04. The van der Waals surface area contributed by atoms with E-state index >= 15 is 0 Å². The number of nitrogens with one attached hydrogen (secondary N) is 1. The molecule has 0 spiro atoms. The van der Waals surface area contributed by atoms with Gasteiger partial charge in [-0.25, -0.2) is 0 Å². The quantitative estimate of drug-likeness (QED) is 0.680. The first-order valence-electron chi connectivity index (χ1n) is 6.42. The SMILES string of the molecule is CC(C)N[C@@H](CN(C)CCN(C)C)C(C)C. The fourth-order valence-corrected chi connectivity index (χ4v) is 1.68. The predicted molar refractivity (Wildman–Crippen MR) is 72.9 cm³/mol. The molecule has 0 radical (unpaired) electrons. The molecule has 3 nitrogen and oxygen atoms in total. The maximum atomic E-state index is 3.64. The Morgan fingerprint density at radius 3 is 1.88 bits per heavy atom. The Hall–Kier alpha value is -0.120. The molecule has 1 N–H and O–H groups in total. The molecule has 0 bridgehead atoms. The van der Waals surface area contributed by atoms with Crippen LogP contribution in [0, 0.1) is 5.92 Å². The molecule has 0 fully saturated rings. The molecule has 1 atom stereocenters. The molecule has 0 aromatic rings. The molecule has 0 unspecified atom stereocenters. The summed E-state index contributed by atoms with van der Waals surface area (Å²) in [7, 11) is 6.46. The van der Waals surface area contributed by atoms with Gasteiger partial charge in [-0.05, 0) is 27.1 Å². The fraction of sp³-hybridized carbons (Fsp3) is 1.00. The number of hydrogen-bond acceptors (Lipinski definition) is 3. The van der Waals surface area contributed by atoms with Crippen LogP contribution >= 0.6 is 0 Å². The van der Waals surface area contributed by atoms with Crippen LogP contribution in [-0.4, -0.2) is 62.7 Å². The molecule has 0 aromatic heterocycles. The van der Waals surface area contributed by atoms with Crippen molar-refractivity contribution in [2.45, 2.75) is 39.8 Å². The van der Waals surface area contributed by atoms with Crippen molar-refractivity contribution in [1.82, 2.24) is 15.1 Å². The third kappa shape index (κ3) is 8.08. The van der Waals surface area contributed by atoms with Crippen molar-refractivity contribution >= 4 is 0 Å². The largest absolute Gasteiger partial charge is 0.310 e. The minimum atomic E-state index is 0.564. The van der Waals surface area contributed by atoms with Crippen LogP contribution in [0.3, 0.4) is 0 Å². The average molecular weight is 229 g/mol. The normalized spacial score (nSPS) is 14.4. The van der Waals surface area contributed by atoms with Gasteiger partial charge in [0.2, 0.25) is 0 Å². The smallest absolute Gasteiger partial charge is 0.0220 e. The standard InChI is InChI=1S/C13H31N3/c1-11(2)13(14-12(3)4)10-16(7)9-8-15(5)6/h11-14H,8-10H2,1-7H3/t13-/m0/s1. The van der Waals surface area contributed by atoms with E-state index in [9.17, 15) is 0 Å². The molecule has 0 rings (SSSR count). The van der Waals surface area contributed by atoms with E-state index in [0.717, 1.165) is 19.6 Å². The van der Waals surface area contributed by atoms with Gasteiger partial charge in [0, 0.05) is 31.7 Å². The van der Waals surface area contributed by atoms with E-state index < -0.39 is 0 Å². The lowest BCUT2D eigenvalue weighted by Crippen LogP contribution is -2.46. The molecule has 16 heavy (non-hydrogen) atoms. The van der Waals surface area contributed by atoms with Crippen LogP contribution in [-0.2, 0) is 0 Å². The lowest BCUT2D eigenvalue weighted by Gasteiger charge is -2.30. The van der Waals surface area contributed by atoms with Gasteiger partial charge in [0.1, 0.15) is 0 Å². The number of nitrogens with zero attached hydrogens (tertiary/aromatic N) is 2. The van der Waals surface area contributed by atoms with Gasteiger partial charge < -0.3 is 15.1 Å². The Kier molecular flexibility index (Phi) is 7.98. The Morgan fingerprint density at radius 2 is 1.50 bits per heavy atom. The molecule has 0 amide bonds. The molecule has 0 aromatic carbocycles. The molecule has 0 saturated heterocycles.